The molecule has 0 unspecified atom stereocenters. The Labute approximate surface area is 78.2 Å². The highest BCUT2D eigenvalue weighted by molar-refractivity contribution is 9.24. The van der Waals surface area contributed by atoms with Crippen LogP contribution in [0.15, 0.2) is 0 Å². The third-order valence-corrected chi connectivity index (χ3v) is 2.03. The van der Waals surface area contributed by atoms with Gasteiger partial charge >= 0.3 is 0 Å². The lowest BCUT2D eigenvalue weighted by molar-refractivity contribution is -0.117. The second-order valence-corrected chi connectivity index (χ2v) is 5.56. The van der Waals surface area contributed by atoms with E-state index >= 15 is 0 Å². The SMILES string of the molecule is CN(C=O)CCCC(Br)Br. The van der Waals surface area contributed by atoms with Gasteiger partial charge < -0.3 is 4.90 Å². The summed E-state index contributed by atoms with van der Waals surface area (Å²) in [7, 11) is 1.78. The van der Waals surface area contributed by atoms with Gasteiger partial charge in [0.15, 0.2) is 0 Å². The summed E-state index contributed by atoms with van der Waals surface area (Å²) >= 11 is 6.71. The van der Waals surface area contributed by atoms with Gasteiger partial charge in [0.2, 0.25) is 6.41 Å². The summed E-state index contributed by atoms with van der Waals surface area (Å²) in [6.07, 6.45) is 2.91. The highest BCUT2D eigenvalue weighted by Gasteiger charge is 1.98. The molecule has 0 aromatic carbocycles. The van der Waals surface area contributed by atoms with Gasteiger partial charge in [-0.05, 0) is 12.8 Å². The van der Waals surface area contributed by atoms with Crippen LogP contribution in [-0.2, 0) is 4.79 Å². The number of carbonyl (C=O) groups excluding carboxylic acids is 1. The van der Waals surface area contributed by atoms with E-state index in [-0.39, 0.29) is 0 Å². The van der Waals surface area contributed by atoms with E-state index in [0.717, 1.165) is 25.8 Å². The minimum absolute atomic E-state index is 0.375. The molecule has 0 spiro atoms. The third-order valence-electron chi connectivity index (χ3n) is 1.11. The van der Waals surface area contributed by atoms with Crippen LogP contribution in [0, 0.1) is 0 Å². The van der Waals surface area contributed by atoms with Crippen molar-refractivity contribution in [3.63, 3.8) is 0 Å². The van der Waals surface area contributed by atoms with Gasteiger partial charge in [0.25, 0.3) is 0 Å². The van der Waals surface area contributed by atoms with Crippen LogP contribution >= 0.6 is 31.9 Å². The minimum atomic E-state index is 0.375. The Morgan fingerprint density at radius 2 is 2.20 bits per heavy atom. The molecule has 10 heavy (non-hydrogen) atoms. The maximum Gasteiger partial charge on any atom is 0.209 e. The monoisotopic (exact) mass is 271 g/mol. The first kappa shape index (κ1) is 10.4. The molecule has 0 fully saturated rings. The van der Waals surface area contributed by atoms with Crippen molar-refractivity contribution in [2.45, 2.75) is 16.6 Å². The second-order valence-electron chi connectivity index (χ2n) is 2.12. The van der Waals surface area contributed by atoms with Crippen LogP contribution in [0.1, 0.15) is 12.8 Å². The average Bonchev–Trinajstić information content (AvgIpc) is 1.87. The fourth-order valence-corrected chi connectivity index (χ4v) is 1.20. The van der Waals surface area contributed by atoms with E-state index in [1.165, 1.54) is 0 Å². The molecule has 0 N–H and O–H groups in total. The molecule has 0 saturated carbocycles. The maximum atomic E-state index is 10.1. The van der Waals surface area contributed by atoms with Gasteiger partial charge in [-0.25, -0.2) is 0 Å². The number of hydrogen-bond acceptors (Lipinski definition) is 1. The molecule has 0 aromatic heterocycles. The Balaban J connectivity index is 3.11. The average molecular weight is 273 g/mol. The fourth-order valence-electron chi connectivity index (χ4n) is 0.548. The van der Waals surface area contributed by atoms with Crippen LogP contribution in [0.4, 0.5) is 0 Å². The fraction of sp³-hybridized carbons (Fsp3) is 0.833. The van der Waals surface area contributed by atoms with Crippen LogP contribution in [0.25, 0.3) is 0 Å². The standard InChI is InChI=1S/C6H11Br2NO/c1-9(5-10)4-2-3-6(7)8/h5-6H,2-4H2,1H3. The highest BCUT2D eigenvalue weighted by Crippen LogP contribution is 2.14. The van der Waals surface area contributed by atoms with E-state index in [1.807, 2.05) is 0 Å². The van der Waals surface area contributed by atoms with Crippen LogP contribution in [0.2, 0.25) is 0 Å². The minimum Gasteiger partial charge on any atom is -0.348 e. The zero-order valence-corrected chi connectivity index (χ0v) is 9.06. The summed E-state index contributed by atoms with van der Waals surface area (Å²) in [6, 6.07) is 0. The van der Waals surface area contributed by atoms with Crippen molar-refractivity contribution in [2.24, 2.45) is 0 Å². The molecule has 0 heterocycles. The van der Waals surface area contributed by atoms with Crippen LogP contribution < -0.4 is 0 Å². The lowest BCUT2D eigenvalue weighted by Crippen LogP contribution is -2.17. The number of rotatable bonds is 5. The molecule has 2 nitrogen and oxygen atoms in total. The maximum absolute atomic E-state index is 10.1. The molecule has 60 valence electrons. The van der Waals surface area contributed by atoms with Crippen LogP contribution in [0.3, 0.4) is 0 Å². The molecule has 0 aliphatic rings. The van der Waals surface area contributed by atoms with E-state index < -0.39 is 0 Å². The summed E-state index contributed by atoms with van der Waals surface area (Å²) in [5.74, 6) is 0. The molecular formula is C6H11Br2NO. The normalized spacial score (nSPS) is 10.0. The Bertz CT molecular complexity index is 97.7. The first-order valence-electron chi connectivity index (χ1n) is 3.10. The Kier molecular flexibility index (Phi) is 6.43. The molecule has 0 aliphatic carbocycles. The first-order chi connectivity index (χ1) is 4.66. The smallest absolute Gasteiger partial charge is 0.209 e. The molecule has 0 rings (SSSR count). The largest absolute Gasteiger partial charge is 0.348 e. The van der Waals surface area contributed by atoms with Gasteiger partial charge in [-0.1, -0.05) is 31.9 Å². The van der Waals surface area contributed by atoms with Crippen molar-refractivity contribution < 1.29 is 4.79 Å². The zero-order chi connectivity index (χ0) is 7.98. The number of hydrogen-bond donors (Lipinski definition) is 0. The number of nitrogens with zero attached hydrogens (tertiary/aromatic N) is 1. The third kappa shape index (κ3) is 6.55. The molecule has 0 aliphatic heterocycles. The van der Waals surface area contributed by atoms with E-state index in [1.54, 1.807) is 11.9 Å². The van der Waals surface area contributed by atoms with Crippen molar-refractivity contribution in [3.8, 4) is 0 Å². The molecule has 0 bridgehead atoms. The Hall–Kier alpha value is 0.430. The van der Waals surface area contributed by atoms with Crippen molar-refractivity contribution in [2.75, 3.05) is 13.6 Å². The van der Waals surface area contributed by atoms with Gasteiger partial charge in [-0.3, -0.25) is 4.79 Å². The highest BCUT2D eigenvalue weighted by atomic mass is 79.9. The van der Waals surface area contributed by atoms with E-state index in [9.17, 15) is 4.79 Å². The summed E-state index contributed by atoms with van der Waals surface area (Å²) in [6.45, 7) is 0.831. The van der Waals surface area contributed by atoms with Crippen LogP contribution in [-0.4, -0.2) is 28.6 Å². The van der Waals surface area contributed by atoms with Gasteiger partial charge in [0, 0.05) is 13.6 Å². The topological polar surface area (TPSA) is 20.3 Å². The summed E-state index contributed by atoms with van der Waals surface area (Å²) < 4.78 is 0.375. The lowest BCUT2D eigenvalue weighted by Gasteiger charge is -2.09. The lowest BCUT2D eigenvalue weighted by atomic mass is 10.3. The zero-order valence-electron chi connectivity index (χ0n) is 5.89. The van der Waals surface area contributed by atoms with E-state index in [2.05, 4.69) is 31.9 Å². The van der Waals surface area contributed by atoms with Gasteiger partial charge in [-0.15, -0.1) is 0 Å². The predicted octanol–water partition coefficient (Wildman–Crippen LogP) is 1.97. The van der Waals surface area contributed by atoms with Gasteiger partial charge in [0.1, 0.15) is 0 Å². The summed E-state index contributed by atoms with van der Waals surface area (Å²) in [5, 5.41) is 0. The first-order valence-corrected chi connectivity index (χ1v) is 4.93. The number of alkyl halides is 2. The molecule has 4 heteroatoms. The predicted molar refractivity (Wildman–Crippen MR) is 49.6 cm³/mol. The second kappa shape index (κ2) is 6.16. The molecule has 0 aromatic rings. The molecular weight excluding hydrogens is 262 g/mol. The quantitative estimate of drug-likeness (QED) is 0.554. The number of amides is 1. The van der Waals surface area contributed by atoms with E-state index in [0.29, 0.717) is 3.74 Å². The van der Waals surface area contributed by atoms with Crippen molar-refractivity contribution in [1.29, 1.82) is 0 Å². The van der Waals surface area contributed by atoms with Gasteiger partial charge in [0.05, 0.1) is 3.74 Å². The Morgan fingerprint density at radius 3 is 2.60 bits per heavy atom. The van der Waals surface area contributed by atoms with E-state index in [4.69, 9.17) is 0 Å². The van der Waals surface area contributed by atoms with Gasteiger partial charge in [-0.2, -0.15) is 0 Å². The number of halogens is 2. The van der Waals surface area contributed by atoms with Crippen molar-refractivity contribution in [3.05, 3.63) is 0 Å². The van der Waals surface area contributed by atoms with Crippen molar-refractivity contribution in [1.82, 2.24) is 4.90 Å². The van der Waals surface area contributed by atoms with Crippen molar-refractivity contribution >= 4 is 38.3 Å². The molecule has 0 atom stereocenters. The summed E-state index contributed by atoms with van der Waals surface area (Å²) in [5.41, 5.74) is 0. The molecule has 0 radical (unpaired) electrons. The molecule has 0 saturated heterocycles. The Morgan fingerprint density at radius 1 is 1.60 bits per heavy atom. The number of carbonyl (C=O) groups is 1. The summed E-state index contributed by atoms with van der Waals surface area (Å²) in [4.78, 5) is 11.7. The molecule has 1 amide bonds. The van der Waals surface area contributed by atoms with Crippen LogP contribution in [0.5, 0.6) is 0 Å².